The zero-order valence-electron chi connectivity index (χ0n) is 12.9. The van der Waals surface area contributed by atoms with Crippen molar-refractivity contribution in [1.29, 1.82) is 0 Å². The average Bonchev–Trinajstić information content (AvgIpc) is 2.84. The van der Waals surface area contributed by atoms with Gasteiger partial charge in [-0.1, -0.05) is 29.8 Å². The zero-order valence-corrected chi connectivity index (χ0v) is 13.7. The van der Waals surface area contributed by atoms with Crippen LogP contribution in [0, 0.1) is 20.8 Å². The Morgan fingerprint density at radius 1 is 1.09 bits per heavy atom. The third-order valence-corrected chi connectivity index (χ3v) is 4.11. The van der Waals surface area contributed by atoms with Crippen molar-refractivity contribution in [3.63, 3.8) is 0 Å². The molecule has 0 saturated heterocycles. The Morgan fingerprint density at radius 3 is 2.55 bits per heavy atom. The van der Waals surface area contributed by atoms with E-state index in [1.165, 1.54) is 0 Å². The first-order chi connectivity index (χ1) is 10.6. The van der Waals surface area contributed by atoms with Crippen LogP contribution in [0.25, 0.3) is 11.0 Å². The van der Waals surface area contributed by atoms with Crippen molar-refractivity contribution >= 4 is 22.6 Å². The van der Waals surface area contributed by atoms with Crippen LogP contribution in [0.15, 0.2) is 30.3 Å². The quantitative estimate of drug-likeness (QED) is 0.681. The first-order valence-corrected chi connectivity index (χ1v) is 7.63. The predicted octanol–water partition coefficient (Wildman–Crippen LogP) is 4.09. The lowest BCUT2D eigenvalue weighted by Gasteiger charge is -2.11. The van der Waals surface area contributed by atoms with Gasteiger partial charge in [-0.25, -0.2) is 9.97 Å². The molecule has 4 nitrogen and oxygen atoms in total. The van der Waals surface area contributed by atoms with E-state index >= 15 is 0 Å². The van der Waals surface area contributed by atoms with Crippen LogP contribution in [0.4, 0.5) is 0 Å². The van der Waals surface area contributed by atoms with Gasteiger partial charge in [0.05, 0.1) is 12.1 Å². The molecule has 0 aliphatic heterocycles. The van der Waals surface area contributed by atoms with Gasteiger partial charge in [-0.05, 0) is 38.5 Å². The summed E-state index contributed by atoms with van der Waals surface area (Å²) < 4.78 is 7.93. The molecule has 3 rings (SSSR count). The topological polar surface area (TPSA) is 39.9 Å². The molecule has 0 amide bonds. The Hall–Kier alpha value is -2.07. The molecule has 2 aromatic heterocycles. The van der Waals surface area contributed by atoms with Gasteiger partial charge in [0, 0.05) is 5.69 Å². The van der Waals surface area contributed by atoms with E-state index in [1.807, 2.05) is 44.2 Å². The second kappa shape index (κ2) is 5.97. The molecular formula is C17H18ClN3O. The molecule has 5 heteroatoms. The summed E-state index contributed by atoms with van der Waals surface area (Å²) in [7, 11) is 0. The highest BCUT2D eigenvalue weighted by atomic mass is 35.5. The number of aromatic nitrogens is 3. The zero-order chi connectivity index (χ0) is 15.7. The lowest BCUT2D eigenvalue weighted by molar-refractivity contribution is 0.299. The normalized spacial score (nSPS) is 11.1. The van der Waals surface area contributed by atoms with Crippen LogP contribution in [0.3, 0.4) is 0 Å². The predicted molar refractivity (Wildman–Crippen MR) is 88.7 cm³/mol. The van der Waals surface area contributed by atoms with Crippen molar-refractivity contribution in [1.82, 2.24) is 14.5 Å². The van der Waals surface area contributed by atoms with Gasteiger partial charge < -0.3 is 9.30 Å². The summed E-state index contributed by atoms with van der Waals surface area (Å²) in [4.78, 5) is 8.90. The van der Waals surface area contributed by atoms with E-state index < -0.39 is 0 Å². The van der Waals surface area contributed by atoms with E-state index in [-0.39, 0.29) is 0 Å². The van der Waals surface area contributed by atoms with Gasteiger partial charge in [0.2, 0.25) is 0 Å². The molecule has 0 unspecified atom stereocenters. The number of rotatable bonds is 4. The van der Waals surface area contributed by atoms with Gasteiger partial charge in [-0.2, -0.15) is 0 Å². The first kappa shape index (κ1) is 14.9. The van der Waals surface area contributed by atoms with Crippen molar-refractivity contribution in [2.24, 2.45) is 0 Å². The summed E-state index contributed by atoms with van der Waals surface area (Å²) in [5.74, 6) is 1.79. The van der Waals surface area contributed by atoms with Crippen LogP contribution < -0.4 is 4.74 Å². The third-order valence-electron chi connectivity index (χ3n) is 3.84. The molecule has 1 aromatic carbocycles. The lowest BCUT2D eigenvalue weighted by Crippen LogP contribution is -2.10. The molecule has 0 atom stereocenters. The number of para-hydroxylation sites is 1. The third kappa shape index (κ3) is 2.66. The van der Waals surface area contributed by atoms with Crippen molar-refractivity contribution in [2.45, 2.75) is 27.3 Å². The molecule has 0 spiro atoms. The Morgan fingerprint density at radius 2 is 1.82 bits per heavy atom. The van der Waals surface area contributed by atoms with Crippen molar-refractivity contribution in [3.8, 4) is 5.75 Å². The number of fused-ring (bicyclic) bond motifs is 1. The molecule has 0 fully saturated rings. The van der Waals surface area contributed by atoms with Crippen molar-refractivity contribution in [3.05, 3.63) is 52.6 Å². The maximum absolute atomic E-state index is 6.23. The minimum Gasteiger partial charge on any atom is -0.492 e. The Kier molecular flexibility index (Phi) is 4.03. The van der Waals surface area contributed by atoms with Crippen LogP contribution in [0.5, 0.6) is 5.75 Å². The number of hydrogen-bond acceptors (Lipinski definition) is 3. The molecular weight excluding hydrogens is 298 g/mol. The van der Waals surface area contributed by atoms with Gasteiger partial charge >= 0.3 is 0 Å². The molecule has 0 saturated carbocycles. The second-order valence-corrected chi connectivity index (χ2v) is 5.64. The molecule has 0 N–H and O–H groups in total. The average molecular weight is 316 g/mol. The van der Waals surface area contributed by atoms with Crippen LogP contribution in [-0.2, 0) is 6.54 Å². The van der Waals surface area contributed by atoms with Gasteiger partial charge in [-0.15, -0.1) is 0 Å². The van der Waals surface area contributed by atoms with E-state index in [0.717, 1.165) is 40.4 Å². The molecule has 0 aliphatic carbocycles. The van der Waals surface area contributed by atoms with Gasteiger partial charge in [0.25, 0.3) is 0 Å². The summed E-state index contributed by atoms with van der Waals surface area (Å²) in [6.07, 6.45) is 0. The van der Waals surface area contributed by atoms with E-state index in [2.05, 4.69) is 21.5 Å². The highest BCUT2D eigenvalue weighted by Crippen LogP contribution is 2.27. The molecule has 2 heterocycles. The SMILES string of the molecule is Cc1nc(Cl)c2nc(C)n(CCOc3ccccc3)c2c1C. The molecule has 0 radical (unpaired) electrons. The van der Waals surface area contributed by atoms with E-state index in [1.54, 1.807) is 0 Å². The summed E-state index contributed by atoms with van der Waals surface area (Å²) in [6, 6.07) is 9.81. The summed E-state index contributed by atoms with van der Waals surface area (Å²) in [5.41, 5.74) is 3.86. The number of imidazole rings is 1. The number of halogens is 1. The van der Waals surface area contributed by atoms with Gasteiger partial charge in [0.1, 0.15) is 23.7 Å². The molecule has 0 aliphatic rings. The largest absolute Gasteiger partial charge is 0.492 e. The minimum atomic E-state index is 0.462. The Labute approximate surface area is 134 Å². The van der Waals surface area contributed by atoms with Crippen LogP contribution in [0.2, 0.25) is 5.15 Å². The first-order valence-electron chi connectivity index (χ1n) is 7.25. The fraction of sp³-hybridized carbons (Fsp3) is 0.294. The number of aryl methyl sites for hydroxylation is 3. The van der Waals surface area contributed by atoms with Crippen LogP contribution in [0.1, 0.15) is 17.1 Å². The lowest BCUT2D eigenvalue weighted by atomic mass is 10.2. The van der Waals surface area contributed by atoms with Crippen molar-refractivity contribution in [2.75, 3.05) is 6.61 Å². The Bertz CT molecular complexity index is 812. The van der Waals surface area contributed by atoms with Crippen molar-refractivity contribution < 1.29 is 4.74 Å². The standard InChI is InChI=1S/C17H18ClN3O/c1-11-12(2)19-17(18)15-16(11)21(13(3)20-15)9-10-22-14-7-5-4-6-8-14/h4-8H,9-10H2,1-3H3. The minimum absolute atomic E-state index is 0.462. The number of nitrogens with zero attached hydrogens (tertiary/aromatic N) is 3. The number of pyridine rings is 1. The fourth-order valence-electron chi connectivity index (χ4n) is 2.59. The number of hydrogen-bond donors (Lipinski definition) is 0. The van der Waals surface area contributed by atoms with Gasteiger partial charge in [-0.3, -0.25) is 0 Å². The van der Waals surface area contributed by atoms with Crippen LogP contribution >= 0.6 is 11.6 Å². The summed E-state index contributed by atoms with van der Waals surface area (Å²) in [6.45, 7) is 7.30. The highest BCUT2D eigenvalue weighted by Gasteiger charge is 2.15. The van der Waals surface area contributed by atoms with Crippen LogP contribution in [-0.4, -0.2) is 21.1 Å². The molecule has 114 valence electrons. The Balaban J connectivity index is 1.89. The second-order valence-electron chi connectivity index (χ2n) is 5.28. The summed E-state index contributed by atoms with van der Waals surface area (Å²) >= 11 is 6.23. The molecule has 0 bridgehead atoms. The smallest absolute Gasteiger partial charge is 0.157 e. The van der Waals surface area contributed by atoms with E-state index in [0.29, 0.717) is 11.8 Å². The van der Waals surface area contributed by atoms with Gasteiger partial charge in [0.15, 0.2) is 5.15 Å². The maximum atomic E-state index is 6.23. The van der Waals surface area contributed by atoms with E-state index in [4.69, 9.17) is 16.3 Å². The van der Waals surface area contributed by atoms with E-state index in [9.17, 15) is 0 Å². The molecule has 22 heavy (non-hydrogen) atoms. The maximum Gasteiger partial charge on any atom is 0.157 e. The number of ether oxygens (including phenoxy) is 1. The summed E-state index contributed by atoms with van der Waals surface area (Å²) in [5, 5.41) is 0.462. The number of benzene rings is 1. The highest BCUT2D eigenvalue weighted by molar-refractivity contribution is 6.33. The fourth-order valence-corrected chi connectivity index (χ4v) is 2.85. The monoisotopic (exact) mass is 315 g/mol. The molecule has 3 aromatic rings.